The third-order valence-electron chi connectivity index (χ3n) is 5.85. The van der Waals surface area contributed by atoms with Crippen LogP contribution in [0, 0.1) is 13.8 Å². The number of carbonyl (C=O) groups is 2. The average molecular weight is 389 g/mol. The van der Waals surface area contributed by atoms with Gasteiger partial charge in [0, 0.05) is 39.8 Å². The lowest BCUT2D eigenvalue weighted by Crippen LogP contribution is -2.46. The number of piperazine rings is 1. The molecule has 2 aromatic carbocycles. The second kappa shape index (κ2) is 7.84. The second-order valence-electron chi connectivity index (χ2n) is 7.96. The van der Waals surface area contributed by atoms with Gasteiger partial charge in [-0.25, -0.2) is 0 Å². The zero-order valence-electron chi connectivity index (χ0n) is 17.3. The van der Waals surface area contributed by atoms with Crippen LogP contribution >= 0.6 is 0 Å². The van der Waals surface area contributed by atoms with Crippen LogP contribution < -0.4 is 0 Å². The molecule has 5 nitrogen and oxygen atoms in total. The lowest BCUT2D eigenvalue weighted by Gasteiger charge is -2.36. The van der Waals surface area contributed by atoms with Gasteiger partial charge in [0.1, 0.15) is 5.70 Å². The van der Waals surface area contributed by atoms with Crippen molar-refractivity contribution in [2.75, 3.05) is 33.2 Å². The molecule has 2 aromatic rings. The summed E-state index contributed by atoms with van der Waals surface area (Å²) in [5, 5.41) is 0. The number of carbonyl (C=O) groups excluding carboxylic acids is 2. The molecule has 0 saturated carbocycles. The van der Waals surface area contributed by atoms with Gasteiger partial charge in [-0.1, -0.05) is 54.1 Å². The highest BCUT2D eigenvalue weighted by Crippen LogP contribution is 2.33. The molecular formula is C24H27N3O2. The van der Waals surface area contributed by atoms with E-state index in [-0.39, 0.29) is 11.8 Å². The van der Waals surface area contributed by atoms with Crippen LogP contribution in [0.15, 0.2) is 54.2 Å². The Morgan fingerprint density at radius 2 is 1.55 bits per heavy atom. The number of benzene rings is 2. The van der Waals surface area contributed by atoms with Crippen LogP contribution in [-0.4, -0.2) is 59.7 Å². The number of hydrogen-bond acceptors (Lipinski definition) is 4. The molecule has 0 unspecified atom stereocenters. The topological polar surface area (TPSA) is 43.9 Å². The van der Waals surface area contributed by atoms with Crippen molar-refractivity contribution in [1.29, 1.82) is 0 Å². The first-order valence-electron chi connectivity index (χ1n) is 10.1. The summed E-state index contributed by atoms with van der Waals surface area (Å²) in [5.41, 5.74) is 5.43. The molecule has 0 aliphatic carbocycles. The van der Waals surface area contributed by atoms with Crippen LogP contribution in [0.4, 0.5) is 0 Å². The quantitative estimate of drug-likeness (QED) is 0.755. The van der Waals surface area contributed by atoms with Crippen molar-refractivity contribution in [1.82, 2.24) is 14.7 Å². The minimum atomic E-state index is -0.205. The monoisotopic (exact) mass is 389 g/mol. The summed E-state index contributed by atoms with van der Waals surface area (Å²) in [6.45, 7) is 8.15. The summed E-state index contributed by atoms with van der Waals surface area (Å²) in [7, 11) is 1.58. The van der Waals surface area contributed by atoms with E-state index in [0.717, 1.165) is 49.4 Å². The fraction of sp³-hybridized carbons (Fsp3) is 0.333. The Morgan fingerprint density at radius 3 is 2.21 bits per heavy atom. The van der Waals surface area contributed by atoms with E-state index < -0.39 is 0 Å². The average Bonchev–Trinajstić information content (AvgIpc) is 2.94. The summed E-state index contributed by atoms with van der Waals surface area (Å²) in [6, 6.07) is 16.5. The fourth-order valence-electron chi connectivity index (χ4n) is 4.23. The minimum Gasteiger partial charge on any atom is -0.364 e. The first-order valence-corrected chi connectivity index (χ1v) is 10.1. The Hall–Kier alpha value is -2.92. The highest BCUT2D eigenvalue weighted by atomic mass is 16.2. The van der Waals surface area contributed by atoms with Gasteiger partial charge in [-0.3, -0.25) is 19.4 Å². The molecule has 2 heterocycles. The van der Waals surface area contributed by atoms with Gasteiger partial charge < -0.3 is 4.90 Å². The molecule has 4 rings (SSSR count). The Balaban J connectivity index is 1.59. The van der Waals surface area contributed by atoms with Gasteiger partial charge in [-0.15, -0.1) is 0 Å². The molecule has 5 heteroatoms. The molecule has 150 valence electrons. The van der Waals surface area contributed by atoms with Gasteiger partial charge in [0.15, 0.2) is 0 Å². The third-order valence-corrected chi connectivity index (χ3v) is 5.85. The first kappa shape index (κ1) is 19.4. The van der Waals surface area contributed by atoms with Gasteiger partial charge in [0.25, 0.3) is 11.8 Å². The van der Waals surface area contributed by atoms with Crippen molar-refractivity contribution in [2.24, 2.45) is 0 Å². The van der Waals surface area contributed by atoms with E-state index in [0.29, 0.717) is 11.3 Å². The Morgan fingerprint density at radius 1 is 0.862 bits per heavy atom. The molecule has 0 N–H and O–H groups in total. The number of amides is 2. The van der Waals surface area contributed by atoms with E-state index >= 15 is 0 Å². The van der Waals surface area contributed by atoms with Crippen molar-refractivity contribution in [3.8, 4) is 0 Å². The maximum absolute atomic E-state index is 12.9. The fourth-order valence-corrected chi connectivity index (χ4v) is 4.23. The number of hydrogen-bond donors (Lipinski definition) is 0. The van der Waals surface area contributed by atoms with Gasteiger partial charge in [-0.2, -0.15) is 0 Å². The molecular weight excluding hydrogens is 362 g/mol. The van der Waals surface area contributed by atoms with Crippen LogP contribution in [0.25, 0.3) is 5.57 Å². The maximum atomic E-state index is 12.9. The molecule has 0 spiro atoms. The van der Waals surface area contributed by atoms with E-state index in [4.69, 9.17) is 0 Å². The van der Waals surface area contributed by atoms with Crippen molar-refractivity contribution in [3.05, 3.63) is 76.5 Å². The Labute approximate surface area is 172 Å². The molecule has 0 aromatic heterocycles. The van der Waals surface area contributed by atoms with Crippen molar-refractivity contribution in [2.45, 2.75) is 20.4 Å². The summed E-state index contributed by atoms with van der Waals surface area (Å²) < 4.78 is 0. The summed E-state index contributed by atoms with van der Waals surface area (Å²) in [4.78, 5) is 31.6. The molecule has 0 radical (unpaired) electrons. The maximum Gasteiger partial charge on any atom is 0.277 e. The molecule has 0 atom stereocenters. The van der Waals surface area contributed by atoms with E-state index in [1.807, 2.05) is 32.0 Å². The van der Waals surface area contributed by atoms with Gasteiger partial charge in [0.05, 0.1) is 5.57 Å². The SMILES string of the molecule is Cc1ccc(C2=C(N3CCN(Cc4ccccc4)CC3)C(=O)N(C)C2=O)c(C)c1. The highest BCUT2D eigenvalue weighted by molar-refractivity contribution is 6.35. The molecule has 0 bridgehead atoms. The smallest absolute Gasteiger partial charge is 0.277 e. The van der Waals surface area contributed by atoms with Crippen molar-refractivity contribution >= 4 is 17.4 Å². The van der Waals surface area contributed by atoms with Gasteiger partial charge in [0.2, 0.25) is 0 Å². The first-order chi connectivity index (χ1) is 14.0. The van der Waals surface area contributed by atoms with Crippen molar-refractivity contribution in [3.63, 3.8) is 0 Å². The van der Waals surface area contributed by atoms with Crippen LogP contribution in [-0.2, 0) is 16.1 Å². The minimum absolute atomic E-state index is 0.193. The second-order valence-corrected chi connectivity index (χ2v) is 7.96. The zero-order valence-corrected chi connectivity index (χ0v) is 17.3. The number of likely N-dealkylation sites (N-methyl/N-ethyl adjacent to an activating group) is 1. The summed E-state index contributed by atoms with van der Waals surface area (Å²) >= 11 is 0. The van der Waals surface area contributed by atoms with Crippen LogP contribution in [0.1, 0.15) is 22.3 Å². The third kappa shape index (κ3) is 3.70. The van der Waals surface area contributed by atoms with Gasteiger partial charge in [-0.05, 0) is 30.5 Å². The van der Waals surface area contributed by atoms with Crippen LogP contribution in [0.5, 0.6) is 0 Å². The van der Waals surface area contributed by atoms with Gasteiger partial charge >= 0.3 is 0 Å². The van der Waals surface area contributed by atoms with Crippen LogP contribution in [0.3, 0.4) is 0 Å². The Bertz CT molecular complexity index is 973. The number of rotatable bonds is 4. The van der Waals surface area contributed by atoms with Crippen molar-refractivity contribution < 1.29 is 9.59 Å². The molecule has 1 fully saturated rings. The molecule has 1 saturated heterocycles. The zero-order chi connectivity index (χ0) is 20.5. The highest BCUT2D eigenvalue weighted by Gasteiger charge is 2.40. The lowest BCUT2D eigenvalue weighted by molar-refractivity contribution is -0.136. The van der Waals surface area contributed by atoms with E-state index in [9.17, 15) is 9.59 Å². The van der Waals surface area contributed by atoms with E-state index in [2.05, 4.69) is 40.1 Å². The standard InChI is InChI=1S/C24H27N3O2/c1-17-9-10-20(18(2)15-17)21-22(24(29)25(3)23(21)28)27-13-11-26(12-14-27)16-19-7-5-4-6-8-19/h4-10,15H,11-14,16H2,1-3H3. The predicted molar refractivity (Wildman–Crippen MR) is 114 cm³/mol. The molecule has 2 aliphatic rings. The van der Waals surface area contributed by atoms with Crippen LogP contribution in [0.2, 0.25) is 0 Å². The summed E-state index contributed by atoms with van der Waals surface area (Å²) in [5.74, 6) is -0.398. The van der Waals surface area contributed by atoms with E-state index in [1.165, 1.54) is 10.5 Å². The number of imide groups is 1. The molecule has 29 heavy (non-hydrogen) atoms. The Kier molecular flexibility index (Phi) is 5.24. The molecule has 2 aliphatic heterocycles. The number of aryl methyl sites for hydroxylation is 2. The normalized spacial score (nSPS) is 18.2. The number of nitrogens with zero attached hydrogens (tertiary/aromatic N) is 3. The predicted octanol–water partition coefficient (Wildman–Crippen LogP) is 2.83. The largest absolute Gasteiger partial charge is 0.364 e. The lowest BCUT2D eigenvalue weighted by atomic mass is 9.97. The molecule has 2 amide bonds. The van der Waals surface area contributed by atoms with E-state index in [1.54, 1.807) is 7.05 Å². The summed E-state index contributed by atoms with van der Waals surface area (Å²) in [6.07, 6.45) is 0.